The minimum atomic E-state index is -0.483. The predicted molar refractivity (Wildman–Crippen MR) is 124 cm³/mol. The molecule has 0 saturated carbocycles. The number of aliphatic imine (C=N–C) groups is 1. The summed E-state index contributed by atoms with van der Waals surface area (Å²) in [7, 11) is 1.77. The van der Waals surface area contributed by atoms with Crippen molar-refractivity contribution in [3.8, 4) is 5.75 Å². The van der Waals surface area contributed by atoms with Crippen LogP contribution in [0.4, 0.5) is 0 Å². The van der Waals surface area contributed by atoms with Gasteiger partial charge >= 0.3 is 0 Å². The first-order valence-corrected chi connectivity index (χ1v) is 9.08. The maximum absolute atomic E-state index is 10.7. The number of halogens is 1. The molecule has 6 nitrogen and oxygen atoms in total. The summed E-state index contributed by atoms with van der Waals surface area (Å²) in [6, 6.07) is 18.1. The smallest absolute Gasteiger partial charge is 0.255 e. The molecule has 0 aliphatic carbocycles. The average molecular weight is 496 g/mol. The molecule has 0 aliphatic heterocycles. The molecule has 2 rings (SSSR count). The van der Waals surface area contributed by atoms with E-state index in [4.69, 9.17) is 10.5 Å². The summed E-state index contributed by atoms with van der Waals surface area (Å²) in [5, 5.41) is 6.69. The number of amides is 1. The van der Waals surface area contributed by atoms with Crippen LogP contribution in [0.2, 0.25) is 0 Å². The van der Waals surface area contributed by atoms with Gasteiger partial charge in [0.1, 0.15) is 5.75 Å². The van der Waals surface area contributed by atoms with Crippen LogP contribution in [0.25, 0.3) is 0 Å². The Morgan fingerprint density at radius 2 is 1.79 bits per heavy atom. The van der Waals surface area contributed by atoms with Crippen LogP contribution >= 0.6 is 24.0 Å². The van der Waals surface area contributed by atoms with Gasteiger partial charge in [0.15, 0.2) is 12.6 Å². The molecule has 1 unspecified atom stereocenters. The van der Waals surface area contributed by atoms with E-state index in [2.05, 4.69) is 46.8 Å². The van der Waals surface area contributed by atoms with Crippen LogP contribution in [0, 0.1) is 0 Å². The molecular weight excluding hydrogens is 467 g/mol. The lowest BCUT2D eigenvalue weighted by Gasteiger charge is -2.16. The second-order valence-corrected chi connectivity index (χ2v) is 6.34. The van der Waals surface area contributed by atoms with Crippen molar-refractivity contribution in [2.45, 2.75) is 19.3 Å². The third-order valence-electron chi connectivity index (χ3n) is 4.18. The summed E-state index contributed by atoms with van der Waals surface area (Å²) in [4.78, 5) is 15.0. The van der Waals surface area contributed by atoms with Gasteiger partial charge < -0.3 is 21.1 Å². The van der Waals surface area contributed by atoms with E-state index in [1.807, 2.05) is 30.3 Å². The van der Waals surface area contributed by atoms with Crippen molar-refractivity contribution in [1.82, 2.24) is 10.6 Å². The van der Waals surface area contributed by atoms with Crippen LogP contribution in [0.3, 0.4) is 0 Å². The Bertz CT molecular complexity index is 736. The van der Waals surface area contributed by atoms with Crippen LogP contribution in [-0.2, 0) is 11.2 Å². The average Bonchev–Trinajstić information content (AvgIpc) is 2.70. The van der Waals surface area contributed by atoms with E-state index in [-0.39, 0.29) is 30.6 Å². The molecule has 152 valence electrons. The van der Waals surface area contributed by atoms with E-state index < -0.39 is 5.91 Å². The highest BCUT2D eigenvalue weighted by molar-refractivity contribution is 14.0. The van der Waals surface area contributed by atoms with Gasteiger partial charge in [-0.2, -0.15) is 0 Å². The van der Waals surface area contributed by atoms with E-state index >= 15 is 0 Å². The summed E-state index contributed by atoms with van der Waals surface area (Å²) in [5.74, 6) is 1.35. The van der Waals surface area contributed by atoms with Crippen LogP contribution < -0.4 is 21.1 Å². The number of hydrogen-bond donors (Lipinski definition) is 3. The SMILES string of the molecule is CN=C(NCCc1ccc(OCC(N)=O)cc1)NCC(C)c1ccccc1.I. The fourth-order valence-electron chi connectivity index (χ4n) is 2.60. The van der Waals surface area contributed by atoms with Crippen molar-refractivity contribution in [2.24, 2.45) is 10.7 Å². The highest BCUT2D eigenvalue weighted by Gasteiger charge is 2.06. The second-order valence-electron chi connectivity index (χ2n) is 6.34. The number of primary amides is 1. The van der Waals surface area contributed by atoms with Crippen LogP contribution in [0.5, 0.6) is 5.75 Å². The molecule has 0 aliphatic rings. The normalized spacial score (nSPS) is 11.9. The second kappa shape index (κ2) is 13.0. The van der Waals surface area contributed by atoms with Gasteiger partial charge in [-0.05, 0) is 35.6 Å². The predicted octanol–water partition coefficient (Wildman–Crippen LogP) is 2.68. The summed E-state index contributed by atoms with van der Waals surface area (Å²) in [6.45, 7) is 3.66. The van der Waals surface area contributed by atoms with Crippen molar-refractivity contribution in [1.29, 1.82) is 0 Å². The lowest BCUT2D eigenvalue weighted by atomic mass is 10.0. The topological polar surface area (TPSA) is 88.7 Å². The van der Waals surface area contributed by atoms with Gasteiger partial charge in [0.2, 0.25) is 0 Å². The minimum absolute atomic E-state index is 0. The first kappa shape index (κ1) is 23.7. The first-order chi connectivity index (χ1) is 13.1. The number of nitrogens with one attached hydrogen (secondary N) is 2. The molecule has 1 amide bonds. The Morgan fingerprint density at radius 3 is 2.39 bits per heavy atom. The summed E-state index contributed by atoms with van der Waals surface area (Å²) >= 11 is 0. The number of nitrogens with zero attached hydrogens (tertiary/aromatic N) is 1. The molecule has 2 aromatic carbocycles. The number of carbonyl (C=O) groups excluding carboxylic acids is 1. The van der Waals surface area contributed by atoms with Crippen molar-refractivity contribution in [2.75, 3.05) is 26.7 Å². The van der Waals surface area contributed by atoms with Gasteiger partial charge in [0.05, 0.1) is 0 Å². The van der Waals surface area contributed by atoms with Gasteiger partial charge in [-0.1, -0.05) is 49.4 Å². The number of carbonyl (C=O) groups is 1. The zero-order chi connectivity index (χ0) is 19.5. The van der Waals surface area contributed by atoms with Gasteiger partial charge in [-0.25, -0.2) is 0 Å². The molecule has 1 atom stereocenters. The Morgan fingerprint density at radius 1 is 1.11 bits per heavy atom. The third-order valence-corrected chi connectivity index (χ3v) is 4.18. The number of benzene rings is 2. The molecule has 0 fully saturated rings. The maximum Gasteiger partial charge on any atom is 0.255 e. The number of ether oxygens (including phenoxy) is 1. The quantitative estimate of drug-likeness (QED) is 0.283. The van der Waals surface area contributed by atoms with Crippen molar-refractivity contribution >= 4 is 35.8 Å². The van der Waals surface area contributed by atoms with Crippen molar-refractivity contribution in [3.63, 3.8) is 0 Å². The Hall–Kier alpha value is -2.29. The van der Waals surface area contributed by atoms with Gasteiger partial charge in [-0.15, -0.1) is 24.0 Å². The van der Waals surface area contributed by atoms with Crippen molar-refractivity contribution < 1.29 is 9.53 Å². The summed E-state index contributed by atoms with van der Waals surface area (Å²) in [6.07, 6.45) is 0.852. The number of guanidine groups is 1. The highest BCUT2D eigenvalue weighted by atomic mass is 127. The zero-order valence-corrected chi connectivity index (χ0v) is 18.7. The first-order valence-electron chi connectivity index (χ1n) is 9.08. The van der Waals surface area contributed by atoms with Crippen LogP contribution in [0.15, 0.2) is 59.6 Å². The van der Waals surface area contributed by atoms with Gasteiger partial charge in [-0.3, -0.25) is 9.79 Å². The molecule has 2 aromatic rings. The van der Waals surface area contributed by atoms with Gasteiger partial charge in [0, 0.05) is 20.1 Å². The van der Waals surface area contributed by atoms with Gasteiger partial charge in [0.25, 0.3) is 5.91 Å². The molecule has 0 radical (unpaired) electrons. The molecule has 0 aromatic heterocycles. The fraction of sp³-hybridized carbons (Fsp3) is 0.333. The Kier molecular flexibility index (Phi) is 11.0. The summed E-state index contributed by atoms with van der Waals surface area (Å²) < 4.78 is 5.25. The molecule has 0 heterocycles. The molecule has 0 saturated heterocycles. The maximum atomic E-state index is 10.7. The highest BCUT2D eigenvalue weighted by Crippen LogP contribution is 2.13. The van der Waals surface area contributed by atoms with E-state index in [0.717, 1.165) is 25.5 Å². The number of nitrogens with two attached hydrogens (primary N) is 1. The summed E-state index contributed by atoms with van der Waals surface area (Å²) in [5.41, 5.74) is 7.54. The van der Waals surface area contributed by atoms with E-state index in [1.165, 1.54) is 11.1 Å². The van der Waals surface area contributed by atoms with E-state index in [1.54, 1.807) is 7.05 Å². The van der Waals surface area contributed by atoms with Crippen molar-refractivity contribution in [3.05, 3.63) is 65.7 Å². The number of hydrogen-bond acceptors (Lipinski definition) is 3. The lowest BCUT2D eigenvalue weighted by Crippen LogP contribution is -2.39. The van der Waals surface area contributed by atoms with Crippen LogP contribution in [-0.4, -0.2) is 38.6 Å². The lowest BCUT2D eigenvalue weighted by molar-refractivity contribution is -0.119. The fourth-order valence-corrected chi connectivity index (χ4v) is 2.60. The minimum Gasteiger partial charge on any atom is -0.484 e. The molecule has 0 spiro atoms. The largest absolute Gasteiger partial charge is 0.484 e. The molecule has 7 heteroatoms. The number of rotatable bonds is 9. The van der Waals surface area contributed by atoms with E-state index in [0.29, 0.717) is 11.7 Å². The Labute approximate surface area is 184 Å². The zero-order valence-electron chi connectivity index (χ0n) is 16.4. The molecule has 0 bridgehead atoms. The third kappa shape index (κ3) is 8.60. The Balaban J connectivity index is 0.00000392. The van der Waals surface area contributed by atoms with E-state index in [9.17, 15) is 4.79 Å². The van der Waals surface area contributed by atoms with Crippen LogP contribution in [0.1, 0.15) is 24.0 Å². The molecule has 28 heavy (non-hydrogen) atoms. The monoisotopic (exact) mass is 496 g/mol. The standard InChI is InChI=1S/C21H28N4O2.HI/c1-16(18-6-4-3-5-7-18)14-25-21(23-2)24-13-12-17-8-10-19(11-9-17)27-15-20(22)26;/h3-11,16H,12-15H2,1-2H3,(H2,22,26)(H2,23,24,25);1H. The molecule has 4 N–H and O–H groups in total. The molecular formula is C21H29IN4O2.